The molecule has 1 aromatic heterocycles. The molecule has 1 saturated heterocycles. The molecule has 2 aliphatic heterocycles. The first-order chi connectivity index (χ1) is 12.2. The SMILES string of the molecule is C[C@]12CCC(=O)[C@H](Cc3c1[nH]c1ccccc31)N2Cc1ccccc1. The number of nitrogens with one attached hydrogen (secondary N) is 1. The highest BCUT2D eigenvalue weighted by Gasteiger charge is 2.50. The summed E-state index contributed by atoms with van der Waals surface area (Å²) in [6.45, 7) is 3.13. The Balaban J connectivity index is 1.67. The third-order valence-electron chi connectivity index (χ3n) is 6.19. The highest BCUT2D eigenvalue weighted by atomic mass is 16.1. The predicted octanol–water partition coefficient (Wildman–Crippen LogP) is 4.17. The Kier molecular flexibility index (Phi) is 3.16. The van der Waals surface area contributed by atoms with Crippen molar-refractivity contribution in [2.45, 2.75) is 44.3 Å². The number of para-hydroxylation sites is 1. The van der Waals surface area contributed by atoms with E-state index >= 15 is 0 Å². The van der Waals surface area contributed by atoms with Crippen molar-refractivity contribution in [3.63, 3.8) is 0 Å². The fourth-order valence-electron chi connectivity index (χ4n) is 4.82. The summed E-state index contributed by atoms with van der Waals surface area (Å²) in [5.41, 5.74) is 5.01. The Morgan fingerprint density at radius 2 is 1.88 bits per heavy atom. The lowest BCUT2D eigenvalue weighted by atomic mass is 9.73. The monoisotopic (exact) mass is 330 g/mol. The summed E-state index contributed by atoms with van der Waals surface area (Å²) < 4.78 is 0. The average molecular weight is 330 g/mol. The summed E-state index contributed by atoms with van der Waals surface area (Å²) in [6.07, 6.45) is 2.39. The molecule has 2 aliphatic rings. The van der Waals surface area contributed by atoms with Crippen molar-refractivity contribution in [3.8, 4) is 0 Å². The van der Waals surface area contributed by atoms with E-state index < -0.39 is 0 Å². The number of benzene rings is 2. The number of Topliss-reactive ketones (excluding diaryl/α,β-unsaturated/α-hetero) is 1. The van der Waals surface area contributed by atoms with Gasteiger partial charge >= 0.3 is 0 Å². The standard InChI is InChI=1S/C22H22N2O/c1-22-12-11-20(25)19(24(22)14-15-7-3-2-4-8-15)13-17-16-9-5-6-10-18(16)23-21(17)22/h2-10,19,23H,11-14H2,1H3/t19-,22-/m0/s1. The van der Waals surface area contributed by atoms with Gasteiger partial charge in [-0.1, -0.05) is 48.5 Å². The van der Waals surface area contributed by atoms with Crippen LogP contribution in [-0.2, 0) is 23.3 Å². The van der Waals surface area contributed by atoms with Gasteiger partial charge in [-0.25, -0.2) is 0 Å². The number of ketones is 1. The van der Waals surface area contributed by atoms with Gasteiger partial charge in [0.25, 0.3) is 0 Å². The number of rotatable bonds is 2. The van der Waals surface area contributed by atoms with Gasteiger partial charge < -0.3 is 4.98 Å². The molecule has 126 valence electrons. The number of nitrogens with zero attached hydrogens (tertiary/aromatic N) is 1. The molecule has 0 saturated carbocycles. The first-order valence-electron chi connectivity index (χ1n) is 9.10. The summed E-state index contributed by atoms with van der Waals surface area (Å²) in [5.74, 6) is 0.393. The third-order valence-corrected chi connectivity index (χ3v) is 6.19. The Morgan fingerprint density at radius 3 is 2.72 bits per heavy atom. The van der Waals surface area contributed by atoms with Crippen LogP contribution in [0.5, 0.6) is 0 Å². The molecule has 2 aromatic carbocycles. The predicted molar refractivity (Wildman–Crippen MR) is 99.4 cm³/mol. The second-order valence-corrected chi connectivity index (χ2v) is 7.60. The summed E-state index contributed by atoms with van der Waals surface area (Å²) in [4.78, 5) is 18.9. The summed E-state index contributed by atoms with van der Waals surface area (Å²) >= 11 is 0. The maximum atomic E-state index is 12.8. The molecule has 0 aliphatic carbocycles. The van der Waals surface area contributed by atoms with Gasteiger partial charge in [-0.2, -0.15) is 0 Å². The quantitative estimate of drug-likeness (QED) is 0.765. The normalized spacial score (nSPS) is 26.0. The molecule has 1 fully saturated rings. The average Bonchev–Trinajstić information content (AvgIpc) is 3.01. The number of carbonyl (C=O) groups is 1. The molecule has 3 heteroatoms. The van der Waals surface area contributed by atoms with Crippen molar-refractivity contribution >= 4 is 16.7 Å². The zero-order valence-corrected chi connectivity index (χ0v) is 14.5. The van der Waals surface area contributed by atoms with Gasteiger partial charge in [-0.3, -0.25) is 9.69 Å². The van der Waals surface area contributed by atoms with Crippen LogP contribution in [0, 0.1) is 0 Å². The van der Waals surface area contributed by atoms with E-state index in [1.54, 1.807) is 0 Å². The van der Waals surface area contributed by atoms with Crippen molar-refractivity contribution in [2.75, 3.05) is 0 Å². The molecule has 0 unspecified atom stereocenters. The number of aromatic amines is 1. The zero-order chi connectivity index (χ0) is 17.0. The van der Waals surface area contributed by atoms with E-state index in [9.17, 15) is 4.79 Å². The molecule has 2 atom stereocenters. The first-order valence-corrected chi connectivity index (χ1v) is 9.10. The maximum Gasteiger partial charge on any atom is 0.150 e. The van der Waals surface area contributed by atoms with Crippen LogP contribution >= 0.6 is 0 Å². The molecule has 25 heavy (non-hydrogen) atoms. The van der Waals surface area contributed by atoms with Gasteiger partial charge in [0.05, 0.1) is 11.6 Å². The number of fused-ring (bicyclic) bond motifs is 6. The molecular formula is C22H22N2O. The van der Waals surface area contributed by atoms with E-state index in [0.29, 0.717) is 12.2 Å². The van der Waals surface area contributed by atoms with Crippen LogP contribution in [0.2, 0.25) is 0 Å². The number of hydrogen-bond acceptors (Lipinski definition) is 2. The zero-order valence-electron chi connectivity index (χ0n) is 14.5. The van der Waals surface area contributed by atoms with Crippen molar-refractivity contribution < 1.29 is 4.79 Å². The molecule has 3 heterocycles. The minimum Gasteiger partial charge on any atom is -0.357 e. The van der Waals surface area contributed by atoms with Crippen LogP contribution < -0.4 is 0 Å². The molecule has 1 N–H and O–H groups in total. The van der Waals surface area contributed by atoms with Gasteiger partial charge in [0, 0.05) is 29.6 Å². The molecular weight excluding hydrogens is 308 g/mol. The van der Waals surface area contributed by atoms with Crippen LogP contribution in [-0.4, -0.2) is 21.7 Å². The van der Waals surface area contributed by atoms with Crippen LogP contribution in [0.1, 0.15) is 36.6 Å². The van der Waals surface area contributed by atoms with Crippen molar-refractivity contribution in [1.82, 2.24) is 9.88 Å². The van der Waals surface area contributed by atoms with Crippen molar-refractivity contribution in [2.24, 2.45) is 0 Å². The van der Waals surface area contributed by atoms with Gasteiger partial charge in [-0.15, -0.1) is 0 Å². The van der Waals surface area contributed by atoms with Gasteiger partial charge in [0.15, 0.2) is 0 Å². The van der Waals surface area contributed by atoms with Crippen LogP contribution in [0.25, 0.3) is 10.9 Å². The fourth-order valence-corrected chi connectivity index (χ4v) is 4.82. The maximum absolute atomic E-state index is 12.8. The van der Waals surface area contributed by atoms with E-state index in [4.69, 9.17) is 0 Å². The molecule has 3 aromatic rings. The number of hydrogen-bond donors (Lipinski definition) is 1. The molecule has 5 rings (SSSR count). The molecule has 0 amide bonds. The lowest BCUT2D eigenvalue weighted by Crippen LogP contribution is -2.60. The van der Waals surface area contributed by atoms with Gasteiger partial charge in [-0.05, 0) is 37.0 Å². The first kappa shape index (κ1) is 14.9. The van der Waals surface area contributed by atoms with E-state index in [1.165, 1.54) is 27.7 Å². The Labute approximate surface area is 147 Å². The minimum absolute atomic E-state index is 0.00865. The van der Waals surface area contributed by atoms with E-state index in [2.05, 4.69) is 65.3 Å². The fraction of sp³-hybridized carbons (Fsp3) is 0.318. The van der Waals surface area contributed by atoms with Crippen LogP contribution in [0.4, 0.5) is 0 Å². The van der Waals surface area contributed by atoms with Crippen molar-refractivity contribution in [3.05, 3.63) is 71.4 Å². The van der Waals surface area contributed by atoms with E-state index in [1.807, 2.05) is 6.07 Å². The number of aromatic nitrogens is 1. The lowest BCUT2D eigenvalue weighted by Gasteiger charge is -2.52. The third kappa shape index (κ3) is 2.12. The molecule has 0 radical (unpaired) electrons. The van der Waals surface area contributed by atoms with Gasteiger partial charge in [0.2, 0.25) is 0 Å². The Bertz CT molecular complexity index is 959. The summed E-state index contributed by atoms with van der Waals surface area (Å²) in [5, 5.41) is 1.28. The van der Waals surface area contributed by atoms with Crippen LogP contribution in [0.15, 0.2) is 54.6 Å². The van der Waals surface area contributed by atoms with E-state index in [-0.39, 0.29) is 11.6 Å². The second-order valence-electron chi connectivity index (χ2n) is 7.60. The lowest BCUT2D eigenvalue weighted by molar-refractivity contribution is -0.135. The topological polar surface area (TPSA) is 36.1 Å². The second kappa shape index (κ2) is 5.30. The molecule has 3 nitrogen and oxygen atoms in total. The number of H-pyrrole nitrogens is 1. The Morgan fingerprint density at radius 1 is 1.12 bits per heavy atom. The number of carbonyl (C=O) groups excluding carboxylic acids is 1. The van der Waals surface area contributed by atoms with Crippen molar-refractivity contribution in [1.29, 1.82) is 0 Å². The molecule has 2 bridgehead atoms. The summed E-state index contributed by atoms with van der Waals surface area (Å²) in [7, 11) is 0. The van der Waals surface area contributed by atoms with E-state index in [0.717, 1.165) is 19.4 Å². The van der Waals surface area contributed by atoms with Crippen LogP contribution in [0.3, 0.4) is 0 Å². The Hall–Kier alpha value is -2.39. The summed E-state index contributed by atoms with van der Waals surface area (Å²) in [6, 6.07) is 19.0. The van der Waals surface area contributed by atoms with Gasteiger partial charge in [0.1, 0.15) is 5.78 Å². The highest BCUT2D eigenvalue weighted by molar-refractivity contribution is 5.90. The molecule has 0 spiro atoms. The minimum atomic E-state index is -0.110. The highest BCUT2D eigenvalue weighted by Crippen LogP contribution is 2.47. The number of piperidine rings is 1. The largest absolute Gasteiger partial charge is 0.357 e. The smallest absolute Gasteiger partial charge is 0.150 e.